The molecule has 1 aliphatic rings. The Morgan fingerprint density at radius 3 is 2.39 bits per heavy atom. The molecule has 1 aromatic rings. The lowest BCUT2D eigenvalue weighted by Crippen LogP contribution is -2.98. The van der Waals surface area contributed by atoms with Gasteiger partial charge < -0.3 is 24.9 Å². The summed E-state index contributed by atoms with van der Waals surface area (Å²) >= 11 is 6.87. The van der Waals surface area contributed by atoms with Crippen LogP contribution in [0.1, 0.15) is 70.3 Å². The van der Waals surface area contributed by atoms with Crippen LogP contribution in [0.15, 0.2) is 53.4 Å². The summed E-state index contributed by atoms with van der Waals surface area (Å²) in [5, 5.41) is 27.5. The Morgan fingerprint density at radius 1 is 1.10 bits per heavy atom. The van der Waals surface area contributed by atoms with Crippen molar-refractivity contribution in [3.05, 3.63) is 63.9 Å². The van der Waals surface area contributed by atoms with Crippen molar-refractivity contribution in [2.24, 2.45) is 22.4 Å². The number of alkyl halides is 2. The largest absolute Gasteiger partial charge is 0.629 e. The van der Waals surface area contributed by atoms with Crippen LogP contribution in [-0.2, 0) is 20.7 Å². The lowest BCUT2D eigenvalue weighted by molar-refractivity contribution is -0.751. The summed E-state index contributed by atoms with van der Waals surface area (Å²) in [6.45, 7) is 2.37. The maximum absolute atomic E-state index is 12.8. The van der Waals surface area contributed by atoms with Gasteiger partial charge in [-0.05, 0) is 85.7 Å². The Bertz CT molecular complexity index is 972. The molecule has 0 amide bonds. The number of hydrogen-bond acceptors (Lipinski definition) is 7. The minimum Gasteiger partial charge on any atom is -0.629 e. The maximum atomic E-state index is 12.8. The van der Waals surface area contributed by atoms with Crippen LogP contribution in [0, 0.1) is 27.4 Å². The number of allylic oxidation sites excluding steroid dienone is 3. The molecule has 2 rings (SSSR count). The summed E-state index contributed by atoms with van der Waals surface area (Å²) in [5.74, 6) is -0.152. The summed E-state index contributed by atoms with van der Waals surface area (Å²) in [6, 6.07) is 7.48. The minimum atomic E-state index is -0.921. The second-order valence-electron chi connectivity index (χ2n) is 11.2. The predicted octanol–water partition coefficient (Wildman–Crippen LogP) is 6.51. The van der Waals surface area contributed by atoms with E-state index in [1.165, 1.54) is 7.05 Å². The number of nitrogens with one attached hydrogen (secondary N) is 1. The first-order valence-electron chi connectivity index (χ1n) is 14.6. The van der Waals surface area contributed by atoms with E-state index in [0.29, 0.717) is 37.1 Å². The monoisotopic (exact) mass is 700 g/mol. The van der Waals surface area contributed by atoms with Crippen LogP contribution in [0.25, 0.3) is 0 Å². The van der Waals surface area contributed by atoms with Crippen LogP contribution in [0.2, 0.25) is 0 Å². The van der Waals surface area contributed by atoms with E-state index < -0.39 is 11.7 Å². The number of halogens is 2. The fraction of sp³-hybridized carbons (Fsp3) is 0.645. The lowest BCUT2D eigenvalue weighted by Gasteiger charge is -2.38. The fourth-order valence-corrected chi connectivity index (χ4v) is 5.87. The van der Waals surface area contributed by atoms with Gasteiger partial charge in [0.2, 0.25) is 0 Å². The molecular formula is C31H46Br2N2O6. The van der Waals surface area contributed by atoms with E-state index in [9.17, 15) is 20.0 Å². The van der Waals surface area contributed by atoms with Crippen molar-refractivity contribution in [1.29, 1.82) is 0 Å². The maximum Gasteiger partial charge on any atom is 0.305 e. The summed E-state index contributed by atoms with van der Waals surface area (Å²) in [6.07, 6.45) is 12.3. The zero-order chi connectivity index (χ0) is 30.1. The lowest BCUT2D eigenvalue weighted by atomic mass is 9.71. The van der Waals surface area contributed by atoms with Gasteiger partial charge >= 0.3 is 5.97 Å². The van der Waals surface area contributed by atoms with E-state index >= 15 is 0 Å². The third kappa shape index (κ3) is 13.6. The van der Waals surface area contributed by atoms with Crippen molar-refractivity contribution in [3.63, 3.8) is 0 Å². The third-order valence-corrected chi connectivity index (χ3v) is 8.68. The quantitative estimate of drug-likeness (QED) is 0.0378. The van der Waals surface area contributed by atoms with Gasteiger partial charge in [0.15, 0.2) is 6.29 Å². The molecule has 0 radical (unpaired) electrons. The van der Waals surface area contributed by atoms with Crippen LogP contribution >= 0.6 is 31.9 Å². The molecule has 1 aliphatic carbocycles. The second-order valence-corrected chi connectivity index (χ2v) is 12.7. The number of hydrogen-bond donors (Lipinski definition) is 2. The highest BCUT2D eigenvalue weighted by Gasteiger charge is 2.37. The standard InChI is InChI=1S/C31H46Br2N2O6/c1-24-19-27(34-38)14-13-26(24)21-31(22-40-29(36)9-5-3-7-17-32,23-41-30(37)10-6-4-8-18-33)20-25-11-15-28(16-12-25)35(2)39/h11-16,19,24,26,29,35-36H,3-10,17-18,20-23H2,1-2H3. The Hall–Kier alpha value is -1.43. The average Bonchev–Trinajstić information content (AvgIpc) is 2.96. The number of unbranched alkanes of at least 4 members (excludes halogenated alkanes) is 4. The van der Waals surface area contributed by atoms with Gasteiger partial charge in [-0.3, -0.25) is 4.79 Å². The summed E-state index contributed by atoms with van der Waals surface area (Å²) in [4.78, 5) is 23.9. The minimum absolute atomic E-state index is 0.00411. The summed E-state index contributed by atoms with van der Waals surface area (Å²) in [5.41, 5.74) is 1.37. The zero-order valence-electron chi connectivity index (χ0n) is 24.4. The van der Waals surface area contributed by atoms with E-state index in [-0.39, 0.29) is 36.1 Å². The van der Waals surface area contributed by atoms with Gasteiger partial charge in [0.25, 0.3) is 0 Å². The van der Waals surface area contributed by atoms with Gasteiger partial charge in [-0.15, -0.1) is 4.91 Å². The number of nitroso groups, excluding NO2 is 1. The zero-order valence-corrected chi connectivity index (χ0v) is 27.5. The van der Waals surface area contributed by atoms with Crippen molar-refractivity contribution in [3.8, 4) is 0 Å². The van der Waals surface area contributed by atoms with Crippen LogP contribution in [0.3, 0.4) is 0 Å². The number of ether oxygens (including phenoxy) is 2. The topological polar surface area (TPSA) is 113 Å². The van der Waals surface area contributed by atoms with Gasteiger partial charge in [-0.1, -0.05) is 75.9 Å². The van der Waals surface area contributed by atoms with Crippen LogP contribution in [-0.4, -0.2) is 48.3 Å². The van der Waals surface area contributed by atoms with Crippen molar-refractivity contribution in [2.45, 2.75) is 77.4 Å². The Labute approximate surface area is 261 Å². The van der Waals surface area contributed by atoms with Gasteiger partial charge in [0, 0.05) is 22.5 Å². The molecule has 0 saturated heterocycles. The van der Waals surface area contributed by atoms with E-state index in [1.54, 1.807) is 6.08 Å². The molecule has 0 saturated carbocycles. The molecule has 1 aromatic carbocycles. The van der Waals surface area contributed by atoms with Gasteiger partial charge in [0.05, 0.1) is 20.3 Å². The highest BCUT2D eigenvalue weighted by molar-refractivity contribution is 9.09. The second kappa shape index (κ2) is 19.7. The third-order valence-electron chi connectivity index (χ3n) is 7.56. The molecule has 0 aliphatic heterocycles. The smallest absolute Gasteiger partial charge is 0.305 e. The molecule has 2 N–H and O–H groups in total. The Balaban J connectivity index is 2.30. The highest BCUT2D eigenvalue weighted by atomic mass is 79.9. The number of quaternary nitrogens is 1. The molecule has 0 aromatic heterocycles. The predicted molar refractivity (Wildman–Crippen MR) is 170 cm³/mol. The molecule has 0 fully saturated rings. The number of esters is 1. The highest BCUT2D eigenvalue weighted by Crippen LogP contribution is 2.38. The van der Waals surface area contributed by atoms with E-state index in [0.717, 1.165) is 54.7 Å². The van der Waals surface area contributed by atoms with Gasteiger partial charge in [-0.25, -0.2) is 0 Å². The van der Waals surface area contributed by atoms with E-state index in [4.69, 9.17) is 9.47 Å². The SMILES string of the molecule is CC1C=C(N=O)C=CC1CC(COC(=O)CCCCCBr)(COC(O)CCCCCBr)Cc1ccc([NH+](C)[O-])cc1. The molecule has 10 heteroatoms. The number of nitrogens with zero attached hydrogens (tertiary/aromatic N) is 1. The molecule has 0 spiro atoms. The molecule has 230 valence electrons. The van der Waals surface area contributed by atoms with Gasteiger partial charge in [0.1, 0.15) is 11.4 Å². The van der Waals surface area contributed by atoms with Crippen LogP contribution < -0.4 is 5.06 Å². The molecule has 8 nitrogen and oxygen atoms in total. The van der Waals surface area contributed by atoms with E-state index in [2.05, 4.69) is 37.0 Å². The Morgan fingerprint density at radius 2 is 1.78 bits per heavy atom. The first-order valence-corrected chi connectivity index (χ1v) is 16.9. The number of carbonyl (C=O) groups excluding carboxylic acids is 1. The fourth-order valence-electron chi connectivity index (χ4n) is 5.08. The summed E-state index contributed by atoms with van der Waals surface area (Å²) < 4.78 is 12.0. The van der Waals surface area contributed by atoms with E-state index in [1.807, 2.05) is 43.3 Å². The first kappa shape index (κ1) is 35.8. The number of rotatable bonds is 21. The van der Waals surface area contributed by atoms with Crippen molar-refractivity contribution >= 4 is 43.5 Å². The van der Waals surface area contributed by atoms with Crippen LogP contribution in [0.4, 0.5) is 5.69 Å². The molecule has 41 heavy (non-hydrogen) atoms. The van der Waals surface area contributed by atoms with Crippen LogP contribution in [0.5, 0.6) is 0 Å². The average molecular weight is 703 g/mol. The van der Waals surface area contributed by atoms with Crippen molar-refractivity contribution in [1.82, 2.24) is 0 Å². The molecular weight excluding hydrogens is 656 g/mol. The number of carbonyl (C=O) groups is 1. The van der Waals surface area contributed by atoms with Crippen molar-refractivity contribution < 1.29 is 24.4 Å². The Kier molecular flexibility index (Phi) is 17.2. The number of aliphatic hydroxyl groups is 1. The number of aliphatic hydroxyl groups excluding tert-OH is 1. The van der Waals surface area contributed by atoms with Gasteiger partial charge in [-0.2, -0.15) is 0 Å². The van der Waals surface area contributed by atoms with Crippen molar-refractivity contribution in [2.75, 3.05) is 30.9 Å². The molecule has 5 atom stereocenters. The summed E-state index contributed by atoms with van der Waals surface area (Å²) in [7, 11) is 1.54. The normalized spacial score (nSPS) is 19.7. The number of benzene rings is 1. The molecule has 0 heterocycles. The number of hydroxylamine groups is 1. The molecule has 0 bridgehead atoms. The first-order chi connectivity index (χ1) is 19.7. The molecule has 5 unspecified atom stereocenters.